The van der Waals surface area contributed by atoms with Gasteiger partial charge < -0.3 is 4.74 Å². The van der Waals surface area contributed by atoms with E-state index < -0.39 is 4.92 Å². The predicted octanol–water partition coefficient (Wildman–Crippen LogP) is 2.49. The molecule has 1 aromatic rings. The third-order valence-electron chi connectivity index (χ3n) is 3.83. The first kappa shape index (κ1) is 15.7. The third-order valence-corrected chi connectivity index (χ3v) is 4.19. The lowest BCUT2D eigenvalue weighted by Crippen LogP contribution is -2.24. The molecule has 0 saturated carbocycles. The number of halogens is 1. The number of nitrogens with zero attached hydrogens (tertiary/aromatic N) is 2. The summed E-state index contributed by atoms with van der Waals surface area (Å²) in [5, 5.41) is 11.1. The lowest BCUT2D eigenvalue weighted by molar-refractivity contribution is -0.384. The molecule has 0 amide bonds. The summed E-state index contributed by atoms with van der Waals surface area (Å²) in [7, 11) is 1.39. The second-order valence-electron chi connectivity index (χ2n) is 5.33. The van der Waals surface area contributed by atoms with E-state index >= 15 is 0 Å². The lowest BCUT2D eigenvalue weighted by Gasteiger charge is -2.16. The Morgan fingerprint density at radius 1 is 1.52 bits per heavy atom. The maximum absolute atomic E-state index is 11.7. The van der Waals surface area contributed by atoms with E-state index in [1.165, 1.54) is 19.2 Å². The second kappa shape index (κ2) is 6.41. The number of esters is 1. The van der Waals surface area contributed by atoms with Crippen LogP contribution in [0.4, 0.5) is 5.69 Å². The van der Waals surface area contributed by atoms with Crippen LogP contribution in [-0.4, -0.2) is 36.0 Å². The molecule has 1 fully saturated rings. The minimum atomic E-state index is -0.471. The number of methoxy groups -OCH3 is 1. The van der Waals surface area contributed by atoms with Crippen LogP contribution >= 0.6 is 11.6 Å². The van der Waals surface area contributed by atoms with Crippen molar-refractivity contribution < 1.29 is 14.5 Å². The summed E-state index contributed by atoms with van der Waals surface area (Å²) in [6.07, 6.45) is 0. The second-order valence-corrected chi connectivity index (χ2v) is 5.74. The third kappa shape index (κ3) is 3.51. The molecular weight excluding hydrogens is 296 g/mol. The van der Waals surface area contributed by atoms with E-state index in [0.717, 1.165) is 12.1 Å². The minimum absolute atomic E-state index is 0.0222. The molecule has 1 heterocycles. The standard InChI is InChI=1S/C14H17ClN2O4/c1-9-6-16(8-12(9)14(18)21-2)7-10-3-4-11(17(19)20)5-13(10)15/h3-5,9,12H,6-8H2,1-2H3. The Labute approximate surface area is 127 Å². The summed E-state index contributed by atoms with van der Waals surface area (Å²) in [6, 6.07) is 4.46. The molecule has 0 aromatic heterocycles. The molecule has 1 aliphatic rings. The normalized spacial score (nSPS) is 22.2. The van der Waals surface area contributed by atoms with Gasteiger partial charge in [-0.25, -0.2) is 0 Å². The first-order valence-electron chi connectivity index (χ1n) is 6.65. The van der Waals surface area contributed by atoms with Crippen molar-refractivity contribution in [1.82, 2.24) is 4.90 Å². The molecule has 0 spiro atoms. The monoisotopic (exact) mass is 312 g/mol. The largest absolute Gasteiger partial charge is 0.469 e. The van der Waals surface area contributed by atoms with Gasteiger partial charge in [0.25, 0.3) is 5.69 Å². The molecule has 0 radical (unpaired) electrons. The van der Waals surface area contributed by atoms with Gasteiger partial charge in [-0.2, -0.15) is 0 Å². The van der Waals surface area contributed by atoms with Crippen LogP contribution in [0.5, 0.6) is 0 Å². The van der Waals surface area contributed by atoms with Crippen molar-refractivity contribution in [2.75, 3.05) is 20.2 Å². The van der Waals surface area contributed by atoms with Crippen LogP contribution in [0.2, 0.25) is 5.02 Å². The summed E-state index contributed by atoms with van der Waals surface area (Å²) in [6.45, 7) is 3.96. The van der Waals surface area contributed by atoms with E-state index in [1.54, 1.807) is 6.07 Å². The van der Waals surface area contributed by atoms with Gasteiger partial charge in [-0.15, -0.1) is 0 Å². The van der Waals surface area contributed by atoms with Crippen LogP contribution in [-0.2, 0) is 16.1 Å². The average Bonchev–Trinajstić information content (AvgIpc) is 2.81. The van der Waals surface area contributed by atoms with Gasteiger partial charge in [-0.05, 0) is 17.5 Å². The Morgan fingerprint density at radius 3 is 2.81 bits per heavy atom. The van der Waals surface area contributed by atoms with Crippen LogP contribution in [0.1, 0.15) is 12.5 Å². The molecule has 0 N–H and O–H groups in total. The fourth-order valence-electron chi connectivity index (χ4n) is 2.67. The first-order valence-corrected chi connectivity index (χ1v) is 7.03. The van der Waals surface area contributed by atoms with Gasteiger partial charge in [0.1, 0.15) is 0 Å². The van der Waals surface area contributed by atoms with Crippen molar-refractivity contribution in [2.24, 2.45) is 11.8 Å². The molecule has 6 nitrogen and oxygen atoms in total. The number of non-ortho nitro benzene ring substituents is 1. The maximum Gasteiger partial charge on any atom is 0.310 e. The van der Waals surface area contributed by atoms with Crippen LogP contribution in [0.25, 0.3) is 0 Å². The summed E-state index contributed by atoms with van der Waals surface area (Å²) < 4.78 is 4.80. The highest BCUT2D eigenvalue weighted by atomic mass is 35.5. The highest BCUT2D eigenvalue weighted by Crippen LogP contribution is 2.28. The highest BCUT2D eigenvalue weighted by molar-refractivity contribution is 6.31. The van der Waals surface area contributed by atoms with Gasteiger partial charge in [-0.3, -0.25) is 19.8 Å². The quantitative estimate of drug-likeness (QED) is 0.485. The Bertz CT molecular complexity index is 564. The fraction of sp³-hybridized carbons (Fsp3) is 0.500. The zero-order chi connectivity index (χ0) is 15.6. The molecule has 1 saturated heterocycles. The van der Waals surface area contributed by atoms with Crippen molar-refractivity contribution in [3.05, 3.63) is 38.9 Å². The Morgan fingerprint density at radius 2 is 2.24 bits per heavy atom. The number of hydrogen-bond donors (Lipinski definition) is 0. The van der Waals surface area contributed by atoms with Crippen molar-refractivity contribution in [1.29, 1.82) is 0 Å². The van der Waals surface area contributed by atoms with Crippen LogP contribution in [0.3, 0.4) is 0 Å². The van der Waals surface area contributed by atoms with E-state index in [4.69, 9.17) is 16.3 Å². The molecule has 7 heteroatoms. The smallest absolute Gasteiger partial charge is 0.310 e. The van der Waals surface area contributed by atoms with Crippen molar-refractivity contribution >= 4 is 23.3 Å². The van der Waals surface area contributed by atoms with Crippen molar-refractivity contribution in [3.63, 3.8) is 0 Å². The molecular formula is C14H17ClN2O4. The number of likely N-dealkylation sites (tertiary alicyclic amines) is 1. The number of nitro benzene ring substituents is 1. The Balaban J connectivity index is 2.06. The van der Waals surface area contributed by atoms with E-state index in [0.29, 0.717) is 18.1 Å². The lowest BCUT2D eigenvalue weighted by atomic mass is 9.99. The van der Waals surface area contributed by atoms with Crippen molar-refractivity contribution in [2.45, 2.75) is 13.5 Å². The molecule has 0 aliphatic carbocycles. The molecule has 0 bridgehead atoms. The number of nitro groups is 1. The molecule has 2 atom stereocenters. The average molecular weight is 313 g/mol. The number of rotatable bonds is 4. The highest BCUT2D eigenvalue weighted by Gasteiger charge is 2.35. The molecule has 2 rings (SSSR count). The fourth-order valence-corrected chi connectivity index (χ4v) is 2.91. The maximum atomic E-state index is 11.7. The topological polar surface area (TPSA) is 72.7 Å². The predicted molar refractivity (Wildman–Crippen MR) is 78.1 cm³/mol. The summed E-state index contributed by atoms with van der Waals surface area (Å²) in [5.41, 5.74) is 0.797. The zero-order valence-corrected chi connectivity index (χ0v) is 12.7. The van der Waals surface area contributed by atoms with Gasteiger partial charge in [0.05, 0.1) is 23.0 Å². The van der Waals surface area contributed by atoms with E-state index in [-0.39, 0.29) is 23.5 Å². The van der Waals surface area contributed by atoms with E-state index in [2.05, 4.69) is 4.90 Å². The van der Waals surface area contributed by atoms with Gasteiger partial charge >= 0.3 is 5.97 Å². The van der Waals surface area contributed by atoms with Gasteiger partial charge in [0.2, 0.25) is 0 Å². The van der Waals surface area contributed by atoms with E-state index in [1.807, 2.05) is 6.92 Å². The van der Waals surface area contributed by atoms with Crippen molar-refractivity contribution in [3.8, 4) is 0 Å². The number of benzene rings is 1. The first-order chi connectivity index (χ1) is 9.92. The van der Waals surface area contributed by atoms with Crippen LogP contribution in [0, 0.1) is 22.0 Å². The summed E-state index contributed by atoms with van der Waals surface area (Å²) in [4.78, 5) is 24.0. The van der Waals surface area contributed by atoms with Crippen LogP contribution in [0.15, 0.2) is 18.2 Å². The Kier molecular flexibility index (Phi) is 4.80. The van der Waals surface area contributed by atoms with Gasteiger partial charge in [0, 0.05) is 31.8 Å². The molecule has 2 unspecified atom stereocenters. The SMILES string of the molecule is COC(=O)C1CN(Cc2ccc([N+](=O)[O-])cc2Cl)CC1C. The molecule has 1 aliphatic heterocycles. The number of hydrogen-bond acceptors (Lipinski definition) is 5. The van der Waals surface area contributed by atoms with E-state index in [9.17, 15) is 14.9 Å². The van der Waals surface area contributed by atoms with Gasteiger partial charge in [0.15, 0.2) is 0 Å². The number of ether oxygens (including phenoxy) is 1. The van der Waals surface area contributed by atoms with Gasteiger partial charge in [-0.1, -0.05) is 18.5 Å². The Hall–Kier alpha value is -1.66. The van der Waals surface area contributed by atoms with Crippen LogP contribution < -0.4 is 0 Å². The number of carbonyl (C=O) groups is 1. The molecule has 114 valence electrons. The molecule has 1 aromatic carbocycles. The minimum Gasteiger partial charge on any atom is -0.469 e. The summed E-state index contributed by atoms with van der Waals surface area (Å²) >= 11 is 6.09. The molecule has 21 heavy (non-hydrogen) atoms. The zero-order valence-electron chi connectivity index (χ0n) is 11.9. The summed E-state index contributed by atoms with van der Waals surface area (Å²) in [5.74, 6) is -0.110. The number of carbonyl (C=O) groups excluding carboxylic acids is 1.